The SMILES string of the molecule is COc1cc(CNC(=O)[C@@H]2CCC[C@@H]2CN)ccc1OCc1cccnc1.Cl.Cl. The number of rotatable bonds is 8. The molecule has 1 aromatic heterocycles. The lowest BCUT2D eigenvalue weighted by molar-refractivity contribution is -0.126. The van der Waals surface area contributed by atoms with E-state index in [1.165, 1.54) is 0 Å². The molecule has 1 saturated carbocycles. The van der Waals surface area contributed by atoms with Crippen molar-refractivity contribution in [2.45, 2.75) is 32.4 Å². The van der Waals surface area contributed by atoms with E-state index in [0.29, 0.717) is 37.1 Å². The van der Waals surface area contributed by atoms with Gasteiger partial charge in [0.1, 0.15) is 6.61 Å². The van der Waals surface area contributed by atoms with Gasteiger partial charge in [-0.05, 0) is 49.1 Å². The molecule has 1 heterocycles. The van der Waals surface area contributed by atoms with Gasteiger partial charge in [-0.3, -0.25) is 9.78 Å². The Morgan fingerprint density at radius 2 is 2.03 bits per heavy atom. The molecule has 0 bridgehead atoms. The maximum atomic E-state index is 12.4. The van der Waals surface area contributed by atoms with Gasteiger partial charge in [0.2, 0.25) is 5.91 Å². The van der Waals surface area contributed by atoms with Gasteiger partial charge in [-0.2, -0.15) is 0 Å². The van der Waals surface area contributed by atoms with Crippen molar-refractivity contribution < 1.29 is 14.3 Å². The monoisotopic (exact) mass is 441 g/mol. The van der Waals surface area contributed by atoms with Gasteiger partial charge in [0.05, 0.1) is 7.11 Å². The van der Waals surface area contributed by atoms with Crippen LogP contribution in [-0.2, 0) is 17.9 Å². The van der Waals surface area contributed by atoms with E-state index in [1.54, 1.807) is 19.5 Å². The second-order valence-electron chi connectivity index (χ2n) is 6.89. The second kappa shape index (κ2) is 12.5. The normalized spacial score (nSPS) is 17.6. The standard InChI is InChI=1S/C21H27N3O3.2ClH/c1-26-20-10-15(13-24-21(25)18-6-2-5-17(18)11-22)7-8-19(20)27-14-16-4-3-9-23-12-16;;/h3-4,7-10,12,17-18H,2,5-6,11,13-14,22H2,1H3,(H,24,25);2*1H/t17-,18-;;/m1../s1. The molecule has 1 aliphatic rings. The molecule has 0 unspecified atom stereocenters. The number of carbonyl (C=O) groups is 1. The zero-order valence-electron chi connectivity index (χ0n) is 16.5. The highest BCUT2D eigenvalue weighted by atomic mass is 35.5. The number of hydrogen-bond donors (Lipinski definition) is 2. The second-order valence-corrected chi connectivity index (χ2v) is 6.89. The Morgan fingerprint density at radius 1 is 1.21 bits per heavy atom. The molecule has 8 heteroatoms. The van der Waals surface area contributed by atoms with Crippen molar-refractivity contribution in [1.82, 2.24) is 10.3 Å². The van der Waals surface area contributed by atoms with E-state index in [-0.39, 0.29) is 36.6 Å². The third-order valence-corrected chi connectivity index (χ3v) is 5.11. The number of ether oxygens (including phenoxy) is 2. The van der Waals surface area contributed by atoms with Crippen LogP contribution in [0.1, 0.15) is 30.4 Å². The smallest absolute Gasteiger partial charge is 0.223 e. The Bertz CT molecular complexity index is 762. The molecule has 1 amide bonds. The first kappa shape index (κ1) is 25.0. The van der Waals surface area contributed by atoms with Crippen molar-refractivity contribution in [2.24, 2.45) is 17.6 Å². The van der Waals surface area contributed by atoms with Crippen molar-refractivity contribution in [3.8, 4) is 11.5 Å². The van der Waals surface area contributed by atoms with Gasteiger partial charge in [-0.25, -0.2) is 0 Å². The molecule has 160 valence electrons. The van der Waals surface area contributed by atoms with E-state index in [4.69, 9.17) is 15.2 Å². The summed E-state index contributed by atoms with van der Waals surface area (Å²) in [5, 5.41) is 3.03. The first-order valence-electron chi connectivity index (χ1n) is 9.37. The number of pyridine rings is 1. The van der Waals surface area contributed by atoms with Gasteiger partial charge < -0.3 is 20.5 Å². The minimum atomic E-state index is 0. The van der Waals surface area contributed by atoms with Crippen molar-refractivity contribution in [1.29, 1.82) is 0 Å². The fourth-order valence-corrected chi connectivity index (χ4v) is 3.57. The van der Waals surface area contributed by atoms with Crippen LogP contribution in [0.5, 0.6) is 11.5 Å². The maximum absolute atomic E-state index is 12.4. The molecule has 3 rings (SSSR count). The Morgan fingerprint density at radius 3 is 2.72 bits per heavy atom. The first-order valence-corrected chi connectivity index (χ1v) is 9.37. The Balaban J connectivity index is 0.00000210. The van der Waals surface area contributed by atoms with E-state index >= 15 is 0 Å². The van der Waals surface area contributed by atoms with Gasteiger partial charge >= 0.3 is 0 Å². The van der Waals surface area contributed by atoms with Crippen molar-refractivity contribution in [2.75, 3.05) is 13.7 Å². The minimum absolute atomic E-state index is 0. The lowest BCUT2D eigenvalue weighted by atomic mass is 9.95. The van der Waals surface area contributed by atoms with E-state index in [1.807, 2.05) is 30.3 Å². The van der Waals surface area contributed by atoms with E-state index in [0.717, 1.165) is 30.4 Å². The van der Waals surface area contributed by atoms with Crippen LogP contribution in [0, 0.1) is 11.8 Å². The summed E-state index contributed by atoms with van der Waals surface area (Å²) in [6, 6.07) is 9.54. The molecule has 1 fully saturated rings. The molecular formula is C21H29Cl2N3O3. The highest BCUT2D eigenvalue weighted by Crippen LogP contribution is 2.31. The molecule has 2 aromatic rings. The van der Waals surface area contributed by atoms with Crippen LogP contribution in [0.2, 0.25) is 0 Å². The predicted molar refractivity (Wildman–Crippen MR) is 118 cm³/mol. The van der Waals surface area contributed by atoms with Crippen LogP contribution in [0.4, 0.5) is 0 Å². The predicted octanol–water partition coefficient (Wildman–Crippen LogP) is 3.50. The van der Waals surface area contributed by atoms with Crippen LogP contribution >= 0.6 is 24.8 Å². The molecule has 3 N–H and O–H groups in total. The number of hydrogen-bond acceptors (Lipinski definition) is 5. The van der Waals surface area contributed by atoms with Crippen LogP contribution in [0.15, 0.2) is 42.7 Å². The number of nitrogens with two attached hydrogens (primary N) is 1. The fraction of sp³-hybridized carbons (Fsp3) is 0.429. The number of halogens is 2. The lowest BCUT2D eigenvalue weighted by Crippen LogP contribution is -2.34. The molecule has 2 atom stereocenters. The summed E-state index contributed by atoms with van der Waals surface area (Å²) in [5.74, 6) is 1.75. The molecule has 0 spiro atoms. The zero-order valence-corrected chi connectivity index (χ0v) is 18.1. The van der Waals surface area contributed by atoms with E-state index < -0.39 is 0 Å². The summed E-state index contributed by atoms with van der Waals surface area (Å²) in [7, 11) is 1.61. The first-order chi connectivity index (χ1) is 13.2. The molecule has 0 saturated heterocycles. The molecule has 1 aliphatic carbocycles. The number of carbonyl (C=O) groups excluding carboxylic acids is 1. The summed E-state index contributed by atoms with van der Waals surface area (Å²) >= 11 is 0. The molecule has 1 aromatic carbocycles. The summed E-state index contributed by atoms with van der Waals surface area (Å²) in [6.45, 7) is 1.46. The Hall–Kier alpha value is -2.02. The summed E-state index contributed by atoms with van der Waals surface area (Å²) in [4.78, 5) is 16.5. The number of benzene rings is 1. The topological polar surface area (TPSA) is 86.5 Å². The Kier molecular flexibility index (Phi) is 10.8. The highest BCUT2D eigenvalue weighted by molar-refractivity contribution is 5.85. The van der Waals surface area contributed by atoms with Crippen LogP contribution in [0.25, 0.3) is 0 Å². The Labute approximate surface area is 184 Å². The van der Waals surface area contributed by atoms with Crippen LogP contribution < -0.4 is 20.5 Å². The molecule has 0 radical (unpaired) electrons. The van der Waals surface area contributed by atoms with Crippen molar-refractivity contribution in [3.63, 3.8) is 0 Å². The van der Waals surface area contributed by atoms with E-state index in [2.05, 4.69) is 10.3 Å². The summed E-state index contributed by atoms with van der Waals surface area (Å²) < 4.78 is 11.3. The average molecular weight is 442 g/mol. The third-order valence-electron chi connectivity index (χ3n) is 5.11. The highest BCUT2D eigenvalue weighted by Gasteiger charge is 2.31. The number of nitrogens with zero attached hydrogens (tertiary/aromatic N) is 1. The molecule has 0 aliphatic heterocycles. The number of amides is 1. The maximum Gasteiger partial charge on any atom is 0.223 e. The van der Waals surface area contributed by atoms with Gasteiger partial charge in [0.15, 0.2) is 11.5 Å². The third kappa shape index (κ3) is 6.77. The molecule has 29 heavy (non-hydrogen) atoms. The minimum Gasteiger partial charge on any atom is -0.493 e. The van der Waals surface area contributed by atoms with Gasteiger partial charge in [0, 0.05) is 30.4 Å². The van der Waals surface area contributed by atoms with Crippen LogP contribution in [-0.4, -0.2) is 24.5 Å². The fourth-order valence-electron chi connectivity index (χ4n) is 3.57. The zero-order chi connectivity index (χ0) is 19.1. The van der Waals surface area contributed by atoms with Gasteiger partial charge in [0.25, 0.3) is 0 Å². The number of nitrogens with one attached hydrogen (secondary N) is 1. The van der Waals surface area contributed by atoms with Crippen molar-refractivity contribution >= 4 is 30.7 Å². The van der Waals surface area contributed by atoms with Crippen LogP contribution in [0.3, 0.4) is 0 Å². The lowest BCUT2D eigenvalue weighted by Gasteiger charge is -2.18. The largest absolute Gasteiger partial charge is 0.493 e. The molecular weight excluding hydrogens is 413 g/mol. The van der Waals surface area contributed by atoms with Crippen molar-refractivity contribution in [3.05, 3.63) is 53.9 Å². The summed E-state index contributed by atoms with van der Waals surface area (Å²) in [6.07, 6.45) is 6.56. The number of methoxy groups -OCH3 is 1. The summed E-state index contributed by atoms with van der Waals surface area (Å²) in [5.41, 5.74) is 7.74. The molecule has 6 nitrogen and oxygen atoms in total. The number of aromatic nitrogens is 1. The quantitative estimate of drug-likeness (QED) is 0.654. The average Bonchev–Trinajstić information content (AvgIpc) is 3.20. The van der Waals surface area contributed by atoms with Gasteiger partial charge in [-0.15, -0.1) is 24.8 Å². The van der Waals surface area contributed by atoms with E-state index in [9.17, 15) is 4.79 Å². The van der Waals surface area contributed by atoms with Gasteiger partial charge in [-0.1, -0.05) is 18.6 Å².